The van der Waals surface area contributed by atoms with Crippen molar-refractivity contribution < 1.29 is 0 Å². The van der Waals surface area contributed by atoms with E-state index in [4.69, 9.17) is 5.73 Å². The van der Waals surface area contributed by atoms with Crippen molar-refractivity contribution in [2.24, 2.45) is 5.73 Å². The van der Waals surface area contributed by atoms with Crippen LogP contribution in [0.3, 0.4) is 0 Å². The van der Waals surface area contributed by atoms with E-state index in [0.29, 0.717) is 6.04 Å². The molecule has 5 nitrogen and oxygen atoms in total. The van der Waals surface area contributed by atoms with Crippen LogP contribution in [-0.2, 0) is 0 Å². The Labute approximate surface area is 123 Å². The number of aromatic nitrogens is 3. The first kappa shape index (κ1) is 12.6. The van der Waals surface area contributed by atoms with Crippen molar-refractivity contribution >= 4 is 27.8 Å². The average molecular weight is 281 g/mol. The predicted octanol–water partition coefficient (Wildman–Crippen LogP) is 2.35. The summed E-state index contributed by atoms with van der Waals surface area (Å²) in [5.74, 6) is 1.03. The molecule has 3 N–H and O–H groups in total. The first-order valence-electron chi connectivity index (χ1n) is 7.46. The zero-order valence-electron chi connectivity index (χ0n) is 12.1. The molecule has 3 aromatic rings. The monoisotopic (exact) mass is 281 g/mol. The Kier molecular flexibility index (Phi) is 2.82. The van der Waals surface area contributed by atoms with Crippen LogP contribution >= 0.6 is 0 Å². The fourth-order valence-electron chi connectivity index (χ4n) is 3.18. The van der Waals surface area contributed by atoms with E-state index in [0.717, 1.165) is 48.3 Å². The molecule has 0 unspecified atom stereocenters. The number of hydrogen-bond donors (Lipinski definition) is 2. The maximum absolute atomic E-state index is 6.01. The normalized spacial score (nSPS) is 17.0. The molecule has 0 bridgehead atoms. The number of benzene rings is 1. The number of rotatable bonds is 1. The lowest BCUT2D eigenvalue weighted by molar-refractivity contribution is 0.499. The summed E-state index contributed by atoms with van der Waals surface area (Å²) in [5, 5.41) is 2.32. The van der Waals surface area contributed by atoms with Gasteiger partial charge in [-0.15, -0.1) is 0 Å². The number of nitrogens with two attached hydrogens (primary N) is 1. The summed E-state index contributed by atoms with van der Waals surface area (Å²) in [5.41, 5.74) is 9.29. The second-order valence-electron chi connectivity index (χ2n) is 5.92. The lowest BCUT2D eigenvalue weighted by Crippen LogP contribution is -2.40. The molecule has 108 valence electrons. The third-order valence-corrected chi connectivity index (χ3v) is 4.36. The third-order valence-electron chi connectivity index (χ3n) is 4.36. The van der Waals surface area contributed by atoms with Gasteiger partial charge in [0.2, 0.25) is 0 Å². The van der Waals surface area contributed by atoms with Crippen molar-refractivity contribution in [3.63, 3.8) is 0 Å². The third kappa shape index (κ3) is 2.05. The zero-order valence-corrected chi connectivity index (χ0v) is 12.1. The number of nitrogens with zero attached hydrogens (tertiary/aromatic N) is 3. The maximum Gasteiger partial charge on any atom is 0.143 e. The molecule has 5 heteroatoms. The minimum absolute atomic E-state index is 0.323. The Balaban J connectivity index is 1.90. The highest BCUT2D eigenvalue weighted by Crippen LogP contribution is 2.32. The summed E-state index contributed by atoms with van der Waals surface area (Å²) in [6.07, 6.45) is 3.69. The second kappa shape index (κ2) is 4.70. The molecule has 3 heterocycles. The first-order chi connectivity index (χ1) is 10.2. The van der Waals surface area contributed by atoms with E-state index >= 15 is 0 Å². The summed E-state index contributed by atoms with van der Waals surface area (Å²) < 4.78 is 0. The summed E-state index contributed by atoms with van der Waals surface area (Å²) in [6, 6.07) is 6.78. The van der Waals surface area contributed by atoms with E-state index in [1.807, 2.05) is 0 Å². The molecule has 21 heavy (non-hydrogen) atoms. The number of nitrogens with one attached hydrogen (secondary N) is 1. The summed E-state index contributed by atoms with van der Waals surface area (Å²) in [6.45, 7) is 4.03. The molecule has 1 aromatic carbocycles. The molecule has 4 rings (SSSR count). The van der Waals surface area contributed by atoms with Gasteiger partial charge in [0, 0.05) is 30.0 Å². The Hall–Kier alpha value is -2.14. The van der Waals surface area contributed by atoms with Crippen LogP contribution in [-0.4, -0.2) is 34.1 Å². The quantitative estimate of drug-likeness (QED) is 0.718. The zero-order chi connectivity index (χ0) is 14.4. The van der Waals surface area contributed by atoms with Gasteiger partial charge in [0.25, 0.3) is 0 Å². The van der Waals surface area contributed by atoms with E-state index in [-0.39, 0.29) is 0 Å². The van der Waals surface area contributed by atoms with Gasteiger partial charge in [-0.1, -0.05) is 12.1 Å². The predicted molar refractivity (Wildman–Crippen MR) is 85.6 cm³/mol. The van der Waals surface area contributed by atoms with Crippen LogP contribution < -0.4 is 10.6 Å². The second-order valence-corrected chi connectivity index (χ2v) is 5.92. The molecule has 0 saturated carbocycles. The van der Waals surface area contributed by atoms with Crippen LogP contribution in [0, 0.1) is 6.92 Å². The molecule has 0 amide bonds. The lowest BCUT2D eigenvalue weighted by atomic mass is 10.1. The average Bonchev–Trinajstić information content (AvgIpc) is 2.85. The molecule has 0 radical (unpaired) electrons. The summed E-state index contributed by atoms with van der Waals surface area (Å²) in [4.78, 5) is 14.7. The van der Waals surface area contributed by atoms with Crippen LogP contribution in [0.4, 0.5) is 5.82 Å². The number of H-pyrrole nitrogens is 1. The lowest BCUT2D eigenvalue weighted by Gasteiger charge is -2.31. The van der Waals surface area contributed by atoms with Gasteiger partial charge < -0.3 is 15.6 Å². The highest BCUT2D eigenvalue weighted by Gasteiger charge is 2.21. The van der Waals surface area contributed by atoms with Crippen molar-refractivity contribution in [1.29, 1.82) is 0 Å². The Bertz CT molecular complexity index is 799. The Morgan fingerprint density at radius 1 is 1.24 bits per heavy atom. The highest BCUT2D eigenvalue weighted by molar-refractivity contribution is 6.11. The molecule has 1 aliphatic heterocycles. The van der Waals surface area contributed by atoms with Crippen LogP contribution in [0.5, 0.6) is 0 Å². The number of hydrogen-bond acceptors (Lipinski definition) is 4. The van der Waals surface area contributed by atoms with Crippen molar-refractivity contribution in [2.45, 2.75) is 25.8 Å². The molecule has 2 aromatic heterocycles. The molecule has 0 aliphatic carbocycles. The van der Waals surface area contributed by atoms with Gasteiger partial charge in [0.15, 0.2) is 0 Å². The number of aryl methyl sites for hydroxylation is 1. The van der Waals surface area contributed by atoms with Gasteiger partial charge >= 0.3 is 0 Å². The number of piperidine rings is 1. The van der Waals surface area contributed by atoms with Crippen LogP contribution in [0.25, 0.3) is 21.9 Å². The van der Waals surface area contributed by atoms with E-state index in [1.165, 1.54) is 10.9 Å². The van der Waals surface area contributed by atoms with E-state index in [9.17, 15) is 0 Å². The Morgan fingerprint density at radius 3 is 2.86 bits per heavy atom. The largest absolute Gasteiger partial charge is 0.356 e. The van der Waals surface area contributed by atoms with Crippen molar-refractivity contribution in [1.82, 2.24) is 15.0 Å². The summed E-state index contributed by atoms with van der Waals surface area (Å²) in [7, 11) is 0. The van der Waals surface area contributed by atoms with E-state index < -0.39 is 0 Å². The van der Waals surface area contributed by atoms with E-state index in [1.54, 1.807) is 6.33 Å². The molecule has 1 fully saturated rings. The molecule has 1 aliphatic rings. The fraction of sp³-hybridized carbons (Fsp3) is 0.375. The maximum atomic E-state index is 6.01. The van der Waals surface area contributed by atoms with Crippen LogP contribution in [0.2, 0.25) is 0 Å². The SMILES string of the molecule is Cc1ccc2c(c1)[nH]c1ncnc(N3CCC(N)CC3)c12. The highest BCUT2D eigenvalue weighted by atomic mass is 15.2. The van der Waals surface area contributed by atoms with Crippen molar-refractivity contribution in [3.8, 4) is 0 Å². The molecule has 0 spiro atoms. The molecular formula is C16H19N5. The van der Waals surface area contributed by atoms with Crippen molar-refractivity contribution in [3.05, 3.63) is 30.1 Å². The number of fused-ring (bicyclic) bond motifs is 3. The number of aromatic amines is 1. The Morgan fingerprint density at radius 2 is 2.05 bits per heavy atom. The standard InChI is InChI=1S/C16H19N5/c1-10-2-3-12-13(8-10)20-15-14(12)16(19-9-18-15)21-6-4-11(17)5-7-21/h2-3,8-9,11H,4-7,17H2,1H3,(H,18,19,20). The smallest absolute Gasteiger partial charge is 0.143 e. The van der Waals surface area contributed by atoms with Gasteiger partial charge in [-0.05, 0) is 31.4 Å². The topological polar surface area (TPSA) is 70.8 Å². The van der Waals surface area contributed by atoms with Gasteiger partial charge in [-0.3, -0.25) is 0 Å². The van der Waals surface area contributed by atoms with Crippen molar-refractivity contribution in [2.75, 3.05) is 18.0 Å². The van der Waals surface area contributed by atoms with Gasteiger partial charge in [0.1, 0.15) is 17.8 Å². The van der Waals surface area contributed by atoms with Gasteiger partial charge in [0.05, 0.1) is 5.39 Å². The minimum Gasteiger partial charge on any atom is -0.356 e. The number of anilines is 1. The molecule has 1 saturated heterocycles. The summed E-state index contributed by atoms with van der Waals surface area (Å²) >= 11 is 0. The van der Waals surface area contributed by atoms with E-state index in [2.05, 4.69) is 45.0 Å². The molecule has 0 atom stereocenters. The minimum atomic E-state index is 0.323. The van der Waals surface area contributed by atoms with Gasteiger partial charge in [-0.25, -0.2) is 9.97 Å². The first-order valence-corrected chi connectivity index (χ1v) is 7.46. The van der Waals surface area contributed by atoms with Crippen LogP contribution in [0.1, 0.15) is 18.4 Å². The fourth-order valence-corrected chi connectivity index (χ4v) is 3.18. The van der Waals surface area contributed by atoms with Crippen LogP contribution in [0.15, 0.2) is 24.5 Å². The molecular weight excluding hydrogens is 262 g/mol. The van der Waals surface area contributed by atoms with Gasteiger partial charge in [-0.2, -0.15) is 0 Å².